The molecular formula is C14H19ClN4O3. The first-order valence-corrected chi connectivity index (χ1v) is 7.37. The molecule has 0 spiro atoms. The van der Waals surface area contributed by atoms with Gasteiger partial charge < -0.3 is 9.80 Å². The number of carbonyl (C=O) groups excluding carboxylic acids is 1. The highest BCUT2D eigenvalue weighted by molar-refractivity contribution is 6.32. The zero-order chi connectivity index (χ0) is 16.3. The summed E-state index contributed by atoms with van der Waals surface area (Å²) in [5.41, 5.74) is 0.856. The second kappa shape index (κ2) is 6.93. The zero-order valence-electron chi connectivity index (χ0n) is 12.7. The van der Waals surface area contributed by atoms with Gasteiger partial charge in [0.25, 0.3) is 5.69 Å². The van der Waals surface area contributed by atoms with Crippen LogP contribution in [-0.4, -0.2) is 65.9 Å². The van der Waals surface area contributed by atoms with E-state index in [1.54, 1.807) is 31.1 Å². The predicted octanol–water partition coefficient (Wildman–Crippen LogP) is 2.05. The Labute approximate surface area is 134 Å². The molecule has 0 radical (unpaired) electrons. The van der Waals surface area contributed by atoms with Gasteiger partial charge in [-0.15, -0.1) is 0 Å². The van der Waals surface area contributed by atoms with Crippen molar-refractivity contribution in [3.8, 4) is 0 Å². The minimum atomic E-state index is -0.488. The maximum Gasteiger partial charge on any atom is 0.319 e. The van der Waals surface area contributed by atoms with E-state index in [-0.39, 0.29) is 16.7 Å². The zero-order valence-corrected chi connectivity index (χ0v) is 13.4. The van der Waals surface area contributed by atoms with E-state index in [0.29, 0.717) is 19.6 Å². The smallest absolute Gasteiger partial charge is 0.319 e. The molecule has 22 heavy (non-hydrogen) atoms. The Hall–Kier alpha value is -1.86. The van der Waals surface area contributed by atoms with E-state index in [2.05, 4.69) is 4.90 Å². The molecule has 1 aliphatic heterocycles. The van der Waals surface area contributed by atoms with Crippen LogP contribution in [-0.2, 0) is 6.54 Å². The molecular weight excluding hydrogens is 308 g/mol. The first kappa shape index (κ1) is 16.5. The summed E-state index contributed by atoms with van der Waals surface area (Å²) in [7, 11) is 3.49. The number of amides is 2. The second-order valence-corrected chi connectivity index (χ2v) is 5.89. The van der Waals surface area contributed by atoms with Gasteiger partial charge in [-0.2, -0.15) is 0 Å². The lowest BCUT2D eigenvalue weighted by Gasteiger charge is -2.35. The third kappa shape index (κ3) is 3.86. The van der Waals surface area contributed by atoms with E-state index in [1.165, 1.54) is 6.07 Å². The van der Waals surface area contributed by atoms with Crippen molar-refractivity contribution in [3.63, 3.8) is 0 Å². The van der Waals surface area contributed by atoms with Crippen molar-refractivity contribution < 1.29 is 9.72 Å². The van der Waals surface area contributed by atoms with Crippen molar-refractivity contribution in [1.82, 2.24) is 14.7 Å². The highest BCUT2D eigenvalue weighted by atomic mass is 35.5. The van der Waals surface area contributed by atoms with Gasteiger partial charge in [-0.05, 0) is 11.6 Å². The molecule has 2 rings (SSSR count). The minimum absolute atomic E-state index is 0.0260. The number of halogens is 1. The van der Waals surface area contributed by atoms with Gasteiger partial charge in [0.05, 0.1) is 4.92 Å². The topological polar surface area (TPSA) is 69.9 Å². The lowest BCUT2D eigenvalue weighted by Crippen LogP contribution is -2.51. The van der Waals surface area contributed by atoms with E-state index in [4.69, 9.17) is 11.6 Å². The molecule has 1 fully saturated rings. The molecule has 8 heteroatoms. The van der Waals surface area contributed by atoms with E-state index in [1.807, 2.05) is 4.90 Å². The third-order valence-corrected chi connectivity index (χ3v) is 3.94. The monoisotopic (exact) mass is 326 g/mol. The molecule has 1 saturated heterocycles. The van der Waals surface area contributed by atoms with Gasteiger partial charge in [0.2, 0.25) is 0 Å². The third-order valence-electron chi connectivity index (χ3n) is 3.64. The van der Waals surface area contributed by atoms with Gasteiger partial charge in [-0.25, -0.2) is 4.79 Å². The molecule has 0 atom stereocenters. The van der Waals surface area contributed by atoms with E-state index in [0.717, 1.165) is 18.7 Å². The van der Waals surface area contributed by atoms with Crippen LogP contribution in [0.15, 0.2) is 18.2 Å². The SMILES string of the molecule is CN(C)C(=O)N1CCN(Cc2ccc([N+](=O)[O-])c(Cl)c2)CC1. The summed E-state index contributed by atoms with van der Waals surface area (Å²) in [6.45, 7) is 3.57. The maximum atomic E-state index is 11.9. The summed E-state index contributed by atoms with van der Waals surface area (Å²) in [5, 5.41) is 10.9. The van der Waals surface area contributed by atoms with Crippen LogP contribution in [0.2, 0.25) is 5.02 Å². The van der Waals surface area contributed by atoms with Crippen LogP contribution in [0.4, 0.5) is 10.5 Å². The molecule has 0 aromatic heterocycles. The molecule has 120 valence electrons. The molecule has 0 aliphatic carbocycles. The Morgan fingerprint density at radius 1 is 1.32 bits per heavy atom. The predicted molar refractivity (Wildman–Crippen MR) is 84.0 cm³/mol. The van der Waals surface area contributed by atoms with Crippen molar-refractivity contribution >= 4 is 23.3 Å². The number of nitro benzene ring substituents is 1. The summed E-state index contributed by atoms with van der Waals surface area (Å²) >= 11 is 5.92. The van der Waals surface area contributed by atoms with Crippen LogP contribution < -0.4 is 0 Å². The van der Waals surface area contributed by atoms with Crippen LogP contribution in [0, 0.1) is 10.1 Å². The standard InChI is InChI=1S/C14H19ClN4O3/c1-16(2)14(20)18-7-5-17(6-8-18)10-11-3-4-13(19(21)22)12(15)9-11/h3-4,9H,5-8,10H2,1-2H3. The normalized spacial score (nSPS) is 15.7. The molecule has 1 aromatic carbocycles. The lowest BCUT2D eigenvalue weighted by atomic mass is 10.2. The number of urea groups is 1. The molecule has 1 heterocycles. The molecule has 0 unspecified atom stereocenters. The number of hydrogen-bond donors (Lipinski definition) is 0. The number of benzene rings is 1. The first-order chi connectivity index (χ1) is 10.4. The molecule has 7 nitrogen and oxygen atoms in total. The van der Waals surface area contributed by atoms with Crippen LogP contribution in [0.5, 0.6) is 0 Å². The second-order valence-electron chi connectivity index (χ2n) is 5.48. The Kier molecular flexibility index (Phi) is 5.20. The number of piperazine rings is 1. The highest BCUT2D eigenvalue weighted by Gasteiger charge is 2.22. The Bertz CT molecular complexity index is 571. The molecule has 0 N–H and O–H groups in total. The van der Waals surface area contributed by atoms with Crippen molar-refractivity contribution in [2.24, 2.45) is 0 Å². The van der Waals surface area contributed by atoms with E-state index >= 15 is 0 Å². The average Bonchev–Trinajstić information content (AvgIpc) is 2.47. The lowest BCUT2D eigenvalue weighted by molar-refractivity contribution is -0.384. The van der Waals surface area contributed by atoms with E-state index < -0.39 is 4.92 Å². The highest BCUT2D eigenvalue weighted by Crippen LogP contribution is 2.25. The number of carbonyl (C=O) groups is 1. The summed E-state index contributed by atoms with van der Waals surface area (Å²) in [4.78, 5) is 27.7. The van der Waals surface area contributed by atoms with Crippen molar-refractivity contribution in [2.45, 2.75) is 6.54 Å². The van der Waals surface area contributed by atoms with Crippen LogP contribution in [0.3, 0.4) is 0 Å². The Balaban J connectivity index is 1.92. The first-order valence-electron chi connectivity index (χ1n) is 7.00. The summed E-state index contributed by atoms with van der Waals surface area (Å²) in [6, 6.07) is 4.82. The van der Waals surface area contributed by atoms with E-state index in [9.17, 15) is 14.9 Å². The number of nitrogens with zero attached hydrogens (tertiary/aromatic N) is 4. The largest absolute Gasteiger partial charge is 0.331 e. The van der Waals surface area contributed by atoms with Gasteiger partial charge in [0.1, 0.15) is 5.02 Å². The van der Waals surface area contributed by atoms with Gasteiger partial charge in [-0.3, -0.25) is 15.0 Å². The molecule has 2 amide bonds. The summed E-state index contributed by atoms with van der Waals surface area (Å²) in [5.74, 6) is 0. The summed E-state index contributed by atoms with van der Waals surface area (Å²) in [6.07, 6.45) is 0. The quantitative estimate of drug-likeness (QED) is 0.629. The molecule has 1 aromatic rings. The number of rotatable bonds is 3. The van der Waals surface area contributed by atoms with Crippen molar-refractivity contribution in [2.75, 3.05) is 40.3 Å². The van der Waals surface area contributed by atoms with Crippen molar-refractivity contribution in [1.29, 1.82) is 0 Å². The Morgan fingerprint density at radius 3 is 2.45 bits per heavy atom. The fraction of sp³-hybridized carbons (Fsp3) is 0.500. The van der Waals surface area contributed by atoms with Crippen LogP contribution in [0.25, 0.3) is 0 Å². The maximum absolute atomic E-state index is 11.9. The van der Waals surface area contributed by atoms with Gasteiger partial charge in [0.15, 0.2) is 0 Å². The van der Waals surface area contributed by atoms with Crippen LogP contribution in [0.1, 0.15) is 5.56 Å². The summed E-state index contributed by atoms with van der Waals surface area (Å²) < 4.78 is 0. The fourth-order valence-corrected chi connectivity index (χ4v) is 2.71. The van der Waals surface area contributed by atoms with Crippen LogP contribution >= 0.6 is 11.6 Å². The fourth-order valence-electron chi connectivity index (χ4n) is 2.44. The molecule has 1 aliphatic rings. The average molecular weight is 327 g/mol. The Morgan fingerprint density at radius 2 is 1.95 bits per heavy atom. The number of nitro groups is 1. The van der Waals surface area contributed by atoms with Gasteiger partial charge >= 0.3 is 6.03 Å². The molecule has 0 bridgehead atoms. The van der Waals surface area contributed by atoms with Crippen molar-refractivity contribution in [3.05, 3.63) is 38.9 Å². The van der Waals surface area contributed by atoms with Gasteiger partial charge in [0, 0.05) is 52.9 Å². The number of hydrogen-bond acceptors (Lipinski definition) is 4. The molecule has 0 saturated carbocycles. The van der Waals surface area contributed by atoms with Gasteiger partial charge in [-0.1, -0.05) is 17.7 Å². The minimum Gasteiger partial charge on any atom is -0.331 e.